The molecule has 1 rings (SSSR count). The second kappa shape index (κ2) is 3.80. The van der Waals surface area contributed by atoms with Crippen molar-refractivity contribution in [1.29, 1.82) is 0 Å². The second-order valence-electron chi connectivity index (χ2n) is 1.69. The van der Waals surface area contributed by atoms with E-state index in [0.29, 0.717) is 20.3 Å². The highest BCUT2D eigenvalue weighted by Crippen LogP contribution is 2.14. The number of hydrogen-bond acceptors (Lipinski definition) is 3. The number of hydrogen-bond donors (Lipinski definition) is 0. The van der Waals surface area contributed by atoms with Gasteiger partial charge in [-0.15, -0.1) is 10.2 Å². The lowest BCUT2D eigenvalue weighted by molar-refractivity contribution is 0.701. The van der Waals surface area contributed by atoms with Gasteiger partial charge >= 0.3 is 0 Å². The van der Waals surface area contributed by atoms with Gasteiger partial charge in [-0.2, -0.15) is 0 Å². The SMILES string of the molecule is CC1=NN=C(C(Cl)Cl)S1=S=O. The third-order valence-electron chi connectivity index (χ3n) is 1.00. The van der Waals surface area contributed by atoms with Crippen molar-refractivity contribution < 1.29 is 4.21 Å². The van der Waals surface area contributed by atoms with Crippen molar-refractivity contribution in [2.45, 2.75) is 11.8 Å². The van der Waals surface area contributed by atoms with E-state index in [4.69, 9.17) is 23.2 Å². The van der Waals surface area contributed by atoms with E-state index in [-0.39, 0.29) is 0 Å². The fourth-order valence-electron chi connectivity index (χ4n) is 0.554. The smallest absolute Gasteiger partial charge is 0.158 e. The Labute approximate surface area is 79.1 Å². The Morgan fingerprint density at radius 2 is 2.18 bits per heavy atom. The molecule has 0 N–H and O–H groups in total. The van der Waals surface area contributed by atoms with Crippen LogP contribution in [0.2, 0.25) is 0 Å². The van der Waals surface area contributed by atoms with E-state index in [1.165, 1.54) is 0 Å². The summed E-state index contributed by atoms with van der Waals surface area (Å²) in [5, 5.41) is 8.57. The van der Waals surface area contributed by atoms with Crippen LogP contribution in [-0.2, 0) is 19.7 Å². The predicted molar refractivity (Wildman–Crippen MR) is 51.5 cm³/mol. The van der Waals surface area contributed by atoms with Gasteiger partial charge in [0, 0.05) is 9.45 Å². The van der Waals surface area contributed by atoms with Crippen LogP contribution >= 0.6 is 23.2 Å². The van der Waals surface area contributed by atoms with Crippen LogP contribution in [0.1, 0.15) is 6.92 Å². The van der Waals surface area contributed by atoms with E-state index in [0.717, 1.165) is 0 Å². The molecule has 0 radical (unpaired) electrons. The normalized spacial score (nSPS) is 23.5. The summed E-state index contributed by atoms with van der Waals surface area (Å²) in [4.78, 5) is -0.721. The summed E-state index contributed by atoms with van der Waals surface area (Å²) in [6.07, 6.45) is 0. The van der Waals surface area contributed by atoms with Crippen molar-refractivity contribution in [2.75, 3.05) is 0 Å². The largest absolute Gasteiger partial charge is 0.205 e. The van der Waals surface area contributed by atoms with Gasteiger partial charge < -0.3 is 0 Å². The molecule has 11 heavy (non-hydrogen) atoms. The highest BCUT2D eigenvalue weighted by atomic mass is 35.5. The van der Waals surface area contributed by atoms with Crippen molar-refractivity contribution >= 4 is 53.0 Å². The Balaban J connectivity index is 3.01. The molecule has 0 aliphatic carbocycles. The van der Waals surface area contributed by atoms with Crippen molar-refractivity contribution in [3.8, 4) is 0 Å². The molecule has 1 unspecified atom stereocenters. The maximum Gasteiger partial charge on any atom is 0.158 e. The Hall–Kier alpha value is 0.290. The van der Waals surface area contributed by atoms with Gasteiger partial charge in [0.15, 0.2) is 4.84 Å². The summed E-state index contributed by atoms with van der Waals surface area (Å²) >= 11 is 11.1. The van der Waals surface area contributed by atoms with Gasteiger partial charge in [-0.05, 0) is 6.92 Å². The number of rotatable bonds is 1. The standard InChI is InChI=1S/C4H4Cl2N2OS2/c1-2-7-8-4(3(5)6)11(2)10-9/h3H,1H3. The molecule has 0 spiro atoms. The molecule has 0 saturated heterocycles. The Kier molecular flexibility index (Phi) is 3.24. The van der Waals surface area contributed by atoms with Gasteiger partial charge in [-0.25, -0.2) is 4.21 Å². The minimum atomic E-state index is -0.721. The maximum atomic E-state index is 10.5. The zero-order valence-corrected chi connectivity index (χ0v) is 8.60. The molecule has 0 aromatic carbocycles. The topological polar surface area (TPSA) is 41.8 Å². The molecule has 1 aliphatic heterocycles. The van der Waals surface area contributed by atoms with Crippen LogP contribution in [-0.4, -0.2) is 19.1 Å². The first kappa shape index (κ1) is 9.38. The summed E-state index contributed by atoms with van der Waals surface area (Å²) in [5.41, 5.74) is 0. The van der Waals surface area contributed by atoms with E-state index in [1.807, 2.05) is 0 Å². The molecular weight excluding hydrogens is 227 g/mol. The Morgan fingerprint density at radius 3 is 2.55 bits per heavy atom. The van der Waals surface area contributed by atoms with E-state index >= 15 is 0 Å². The Morgan fingerprint density at radius 1 is 1.55 bits per heavy atom. The van der Waals surface area contributed by atoms with Gasteiger partial charge in [0.05, 0.1) is 0 Å². The third kappa shape index (κ3) is 1.90. The molecule has 0 fully saturated rings. The molecule has 1 aliphatic rings. The highest BCUT2D eigenvalue weighted by Gasteiger charge is 2.21. The van der Waals surface area contributed by atoms with Gasteiger partial charge in [-0.3, -0.25) is 0 Å². The molecule has 3 nitrogen and oxygen atoms in total. The lowest BCUT2D eigenvalue weighted by Crippen LogP contribution is -2.15. The second-order valence-corrected chi connectivity index (χ2v) is 5.88. The van der Waals surface area contributed by atoms with Gasteiger partial charge in [0.2, 0.25) is 0 Å². The molecule has 0 aromatic rings. The molecule has 0 bridgehead atoms. The van der Waals surface area contributed by atoms with Crippen molar-refractivity contribution in [3.63, 3.8) is 0 Å². The minimum Gasteiger partial charge on any atom is -0.205 e. The maximum absolute atomic E-state index is 10.5. The molecule has 1 heterocycles. The van der Waals surface area contributed by atoms with Crippen LogP contribution < -0.4 is 0 Å². The molecule has 62 valence electrons. The lowest BCUT2D eigenvalue weighted by atomic mass is 10.9. The number of halogens is 2. The fourth-order valence-corrected chi connectivity index (χ4v) is 3.35. The van der Waals surface area contributed by atoms with Crippen LogP contribution in [0.4, 0.5) is 0 Å². The first-order valence-electron chi connectivity index (χ1n) is 2.61. The summed E-state index contributed by atoms with van der Waals surface area (Å²) in [6.45, 7) is 1.74. The number of alkyl halides is 2. The van der Waals surface area contributed by atoms with Crippen molar-refractivity contribution in [1.82, 2.24) is 0 Å². The van der Waals surface area contributed by atoms with Crippen molar-refractivity contribution in [2.24, 2.45) is 10.2 Å². The minimum absolute atomic E-state index is 0.424. The third-order valence-corrected chi connectivity index (χ3v) is 4.77. The van der Waals surface area contributed by atoms with Crippen LogP contribution in [0.15, 0.2) is 10.2 Å². The van der Waals surface area contributed by atoms with Crippen LogP contribution in [0.5, 0.6) is 0 Å². The monoisotopic (exact) mass is 230 g/mol. The van der Waals surface area contributed by atoms with Crippen molar-refractivity contribution in [3.05, 3.63) is 0 Å². The summed E-state index contributed by atoms with van der Waals surface area (Å²) in [6, 6.07) is 0. The van der Waals surface area contributed by atoms with E-state index in [2.05, 4.69) is 10.2 Å². The zero-order valence-electron chi connectivity index (χ0n) is 5.45. The first-order valence-corrected chi connectivity index (χ1v) is 5.97. The average Bonchev–Trinajstić information content (AvgIpc) is 2.30. The molecule has 1 atom stereocenters. The zero-order chi connectivity index (χ0) is 8.43. The quantitative estimate of drug-likeness (QED) is 0.627. The molecular formula is C4H4Cl2N2OS2. The molecule has 0 amide bonds. The van der Waals surface area contributed by atoms with Crippen LogP contribution in [0.3, 0.4) is 0 Å². The van der Waals surface area contributed by atoms with Crippen LogP contribution in [0.25, 0.3) is 0 Å². The predicted octanol–water partition coefficient (Wildman–Crippen LogP) is 1.28. The van der Waals surface area contributed by atoms with E-state index in [9.17, 15) is 4.21 Å². The first-order chi connectivity index (χ1) is 5.16. The summed E-state index contributed by atoms with van der Waals surface area (Å²) in [7, 11) is -0.225. The molecule has 0 saturated carbocycles. The lowest BCUT2D eigenvalue weighted by Gasteiger charge is -1.98. The van der Waals surface area contributed by atoms with Gasteiger partial charge in [0.1, 0.15) is 20.3 Å². The van der Waals surface area contributed by atoms with Crippen LogP contribution in [0, 0.1) is 0 Å². The van der Waals surface area contributed by atoms with E-state index in [1.54, 1.807) is 6.92 Å². The molecule has 0 aromatic heterocycles. The van der Waals surface area contributed by atoms with Gasteiger partial charge in [0.25, 0.3) is 0 Å². The number of nitrogens with zero attached hydrogens (tertiary/aromatic N) is 2. The Bertz CT molecular complexity index is 292. The summed E-state index contributed by atoms with van der Waals surface area (Å²) in [5.74, 6) is 0. The van der Waals surface area contributed by atoms with Gasteiger partial charge in [-0.1, -0.05) is 23.2 Å². The highest BCUT2D eigenvalue weighted by molar-refractivity contribution is 8.47. The molecule has 7 heteroatoms. The average molecular weight is 231 g/mol. The summed E-state index contributed by atoms with van der Waals surface area (Å²) < 4.78 is 10.5. The van der Waals surface area contributed by atoms with E-state index < -0.39 is 14.3 Å². The fraction of sp³-hybridized carbons (Fsp3) is 0.500.